The van der Waals surface area contributed by atoms with Crippen molar-refractivity contribution in [3.05, 3.63) is 65.4 Å². The van der Waals surface area contributed by atoms with Crippen LogP contribution >= 0.6 is 0 Å². The van der Waals surface area contributed by atoms with Gasteiger partial charge in [0, 0.05) is 5.56 Å². The zero-order chi connectivity index (χ0) is 21.0. The monoisotopic (exact) mass is 396 g/mol. The number of aliphatic carboxylic acids is 1. The van der Waals surface area contributed by atoms with Gasteiger partial charge in [0.05, 0.1) is 13.7 Å². The van der Waals surface area contributed by atoms with Gasteiger partial charge in [-0.05, 0) is 24.6 Å². The zero-order valence-corrected chi connectivity index (χ0v) is 15.9. The highest BCUT2D eigenvalue weighted by atomic mass is 16.5. The number of carboxylic acids is 1. The average molecular weight is 396 g/mol. The molecule has 1 heterocycles. The van der Waals surface area contributed by atoms with Gasteiger partial charge in [-0.1, -0.05) is 42.5 Å². The Kier molecular flexibility index (Phi) is 5.82. The van der Waals surface area contributed by atoms with Gasteiger partial charge in [-0.25, -0.2) is 9.59 Å². The van der Waals surface area contributed by atoms with Gasteiger partial charge < -0.3 is 19.9 Å². The van der Waals surface area contributed by atoms with Crippen LogP contribution in [0.5, 0.6) is 11.5 Å². The molecule has 0 spiro atoms. The quantitative estimate of drug-likeness (QED) is 0.551. The zero-order valence-electron chi connectivity index (χ0n) is 15.9. The number of amides is 3. The Morgan fingerprint density at radius 3 is 2.55 bits per heavy atom. The molecule has 0 saturated carbocycles. The number of ether oxygens (including phenoxy) is 2. The third-order valence-corrected chi connectivity index (χ3v) is 4.32. The van der Waals surface area contributed by atoms with Crippen LogP contribution in [0.25, 0.3) is 6.08 Å². The molecule has 8 heteroatoms. The largest absolute Gasteiger partial charge is 0.493 e. The van der Waals surface area contributed by atoms with Crippen molar-refractivity contribution in [2.75, 3.05) is 7.11 Å². The Labute approximate surface area is 167 Å². The van der Waals surface area contributed by atoms with E-state index in [0.29, 0.717) is 11.3 Å². The van der Waals surface area contributed by atoms with Gasteiger partial charge in [-0.3, -0.25) is 9.69 Å². The highest BCUT2D eigenvalue weighted by Gasteiger charge is 2.34. The number of imide groups is 1. The second-order valence-corrected chi connectivity index (χ2v) is 6.34. The molecule has 8 nitrogen and oxygen atoms in total. The Hall–Kier alpha value is -3.81. The Morgan fingerprint density at radius 2 is 1.90 bits per heavy atom. The summed E-state index contributed by atoms with van der Waals surface area (Å²) in [5, 5.41) is 11.7. The minimum atomic E-state index is -1.14. The second-order valence-electron chi connectivity index (χ2n) is 6.34. The first kappa shape index (κ1) is 19.9. The summed E-state index contributed by atoms with van der Waals surface area (Å²) in [6.45, 7) is 1.52. The van der Waals surface area contributed by atoms with Gasteiger partial charge in [0.1, 0.15) is 5.70 Å². The lowest BCUT2D eigenvalue weighted by molar-refractivity contribution is -0.144. The highest BCUT2D eigenvalue weighted by Crippen LogP contribution is 2.34. The SMILES string of the molecule is COc1cccc(/C=C2\NC(=O)N(Cc3ccccc3)C2=O)c1O[C@H](C)C(=O)O. The number of carboxylic acid groups (broad SMARTS) is 1. The maximum Gasteiger partial charge on any atom is 0.344 e. The van der Waals surface area contributed by atoms with E-state index in [4.69, 9.17) is 14.6 Å². The van der Waals surface area contributed by atoms with Crippen LogP contribution in [0.1, 0.15) is 18.1 Å². The molecule has 0 aliphatic carbocycles. The number of urea groups is 1. The first-order valence-electron chi connectivity index (χ1n) is 8.85. The average Bonchev–Trinajstić information content (AvgIpc) is 2.97. The van der Waals surface area contributed by atoms with Crippen molar-refractivity contribution in [3.63, 3.8) is 0 Å². The molecule has 0 aromatic heterocycles. The lowest BCUT2D eigenvalue weighted by Crippen LogP contribution is -2.30. The number of para-hydroxylation sites is 1. The molecule has 150 valence electrons. The number of nitrogens with zero attached hydrogens (tertiary/aromatic N) is 1. The molecule has 1 atom stereocenters. The molecule has 0 bridgehead atoms. The Balaban J connectivity index is 1.91. The van der Waals surface area contributed by atoms with E-state index >= 15 is 0 Å². The second kappa shape index (κ2) is 8.47. The van der Waals surface area contributed by atoms with E-state index in [0.717, 1.165) is 10.5 Å². The fourth-order valence-electron chi connectivity index (χ4n) is 2.80. The first-order chi connectivity index (χ1) is 13.9. The van der Waals surface area contributed by atoms with Crippen molar-refractivity contribution >= 4 is 24.0 Å². The maximum atomic E-state index is 12.7. The van der Waals surface area contributed by atoms with Crippen LogP contribution in [0.4, 0.5) is 4.79 Å². The van der Waals surface area contributed by atoms with Crippen LogP contribution in [0.2, 0.25) is 0 Å². The van der Waals surface area contributed by atoms with Crippen molar-refractivity contribution in [2.45, 2.75) is 19.6 Å². The van der Waals surface area contributed by atoms with Crippen molar-refractivity contribution in [2.24, 2.45) is 0 Å². The van der Waals surface area contributed by atoms with E-state index in [1.54, 1.807) is 18.2 Å². The summed E-state index contributed by atoms with van der Waals surface area (Å²) in [6, 6.07) is 13.5. The van der Waals surface area contributed by atoms with Crippen LogP contribution in [-0.4, -0.2) is 41.1 Å². The van der Waals surface area contributed by atoms with Gasteiger partial charge in [0.15, 0.2) is 17.6 Å². The molecule has 2 N–H and O–H groups in total. The summed E-state index contributed by atoms with van der Waals surface area (Å²) in [7, 11) is 1.43. The number of rotatable bonds is 7. The normalized spacial score (nSPS) is 15.9. The van der Waals surface area contributed by atoms with E-state index in [2.05, 4.69) is 5.32 Å². The van der Waals surface area contributed by atoms with Crippen LogP contribution < -0.4 is 14.8 Å². The molecule has 0 radical (unpaired) electrons. The summed E-state index contributed by atoms with van der Waals surface area (Å²) < 4.78 is 10.8. The molecular weight excluding hydrogens is 376 g/mol. The smallest absolute Gasteiger partial charge is 0.344 e. The third kappa shape index (κ3) is 4.37. The molecule has 2 aromatic rings. The van der Waals surface area contributed by atoms with Crippen LogP contribution in [0, 0.1) is 0 Å². The minimum absolute atomic E-state index is 0.0620. The molecule has 2 aromatic carbocycles. The topological polar surface area (TPSA) is 105 Å². The number of benzene rings is 2. The van der Waals surface area contributed by atoms with Crippen LogP contribution in [0.3, 0.4) is 0 Å². The van der Waals surface area contributed by atoms with Gasteiger partial charge >= 0.3 is 12.0 Å². The van der Waals surface area contributed by atoms with Gasteiger partial charge in [0.25, 0.3) is 5.91 Å². The summed E-state index contributed by atoms with van der Waals surface area (Å²) in [5.74, 6) is -1.15. The van der Waals surface area contributed by atoms with E-state index in [-0.39, 0.29) is 18.0 Å². The summed E-state index contributed by atoms with van der Waals surface area (Å²) in [6.07, 6.45) is 0.310. The standard InChI is InChI=1S/C21H20N2O6/c1-13(20(25)26)29-18-15(9-6-10-17(18)28-2)11-16-19(24)23(21(27)22-16)12-14-7-4-3-5-8-14/h3-11,13H,12H2,1-2H3,(H,22,27)(H,25,26)/b16-11-/t13-/m1/s1. The molecule has 3 rings (SSSR count). The van der Waals surface area contributed by atoms with Crippen molar-refractivity contribution in [1.82, 2.24) is 10.2 Å². The van der Waals surface area contributed by atoms with E-state index < -0.39 is 24.0 Å². The number of carbonyl (C=O) groups excluding carboxylic acids is 2. The van der Waals surface area contributed by atoms with E-state index in [1.807, 2.05) is 30.3 Å². The highest BCUT2D eigenvalue weighted by molar-refractivity contribution is 6.14. The van der Waals surface area contributed by atoms with Crippen molar-refractivity contribution in [1.29, 1.82) is 0 Å². The summed E-state index contributed by atoms with van der Waals surface area (Å²) >= 11 is 0. The maximum absolute atomic E-state index is 12.7. The minimum Gasteiger partial charge on any atom is -0.493 e. The number of hydrogen-bond acceptors (Lipinski definition) is 5. The molecular formula is C21H20N2O6. The number of carbonyl (C=O) groups is 3. The van der Waals surface area contributed by atoms with E-state index in [1.165, 1.54) is 20.1 Å². The predicted octanol–water partition coefficient (Wildman–Crippen LogP) is 2.64. The van der Waals surface area contributed by atoms with Crippen molar-refractivity contribution in [3.8, 4) is 11.5 Å². The fraction of sp³-hybridized carbons (Fsp3) is 0.190. The number of hydrogen-bond donors (Lipinski definition) is 2. The van der Waals surface area contributed by atoms with Gasteiger partial charge in [0.2, 0.25) is 0 Å². The first-order valence-corrected chi connectivity index (χ1v) is 8.85. The molecule has 29 heavy (non-hydrogen) atoms. The lowest BCUT2D eigenvalue weighted by atomic mass is 10.1. The molecule has 0 unspecified atom stereocenters. The molecule has 3 amide bonds. The van der Waals surface area contributed by atoms with Crippen molar-refractivity contribution < 1.29 is 29.0 Å². The molecule has 1 aliphatic rings. The van der Waals surface area contributed by atoms with Crippen LogP contribution in [0.15, 0.2) is 54.2 Å². The fourth-order valence-corrected chi connectivity index (χ4v) is 2.80. The Bertz CT molecular complexity index is 970. The lowest BCUT2D eigenvalue weighted by Gasteiger charge is -2.16. The van der Waals surface area contributed by atoms with E-state index in [9.17, 15) is 14.4 Å². The third-order valence-electron chi connectivity index (χ3n) is 4.32. The molecule has 1 fully saturated rings. The molecule has 1 saturated heterocycles. The van der Waals surface area contributed by atoms with Gasteiger partial charge in [-0.15, -0.1) is 0 Å². The van der Waals surface area contributed by atoms with Gasteiger partial charge in [-0.2, -0.15) is 0 Å². The summed E-state index contributed by atoms with van der Waals surface area (Å²) in [4.78, 5) is 37.3. The summed E-state index contributed by atoms with van der Waals surface area (Å²) in [5.41, 5.74) is 1.28. The Morgan fingerprint density at radius 1 is 1.17 bits per heavy atom. The predicted molar refractivity (Wildman–Crippen MR) is 104 cm³/mol. The molecule has 1 aliphatic heterocycles. The van der Waals surface area contributed by atoms with Crippen LogP contribution in [-0.2, 0) is 16.1 Å². The number of nitrogens with one attached hydrogen (secondary N) is 1. The number of methoxy groups -OCH3 is 1.